The highest BCUT2D eigenvalue weighted by Gasteiger charge is 2.33. The summed E-state index contributed by atoms with van der Waals surface area (Å²) in [6.45, 7) is 2.83. The van der Waals surface area contributed by atoms with Crippen molar-refractivity contribution in [3.63, 3.8) is 0 Å². The molecule has 1 N–H and O–H groups in total. The molecule has 0 radical (unpaired) electrons. The van der Waals surface area contributed by atoms with Gasteiger partial charge in [-0.2, -0.15) is 13.2 Å². The molecule has 2 aromatic heterocycles. The molecule has 1 aliphatic rings. The van der Waals surface area contributed by atoms with Gasteiger partial charge in [-0.1, -0.05) is 18.2 Å². The molecule has 5 rings (SSSR count). The van der Waals surface area contributed by atoms with Gasteiger partial charge in [0, 0.05) is 42.3 Å². The van der Waals surface area contributed by atoms with Gasteiger partial charge in [0.1, 0.15) is 16.3 Å². The summed E-state index contributed by atoms with van der Waals surface area (Å²) in [5.74, 6) is -0.551. The lowest BCUT2D eigenvalue weighted by atomic mass is 10.1. The van der Waals surface area contributed by atoms with Crippen molar-refractivity contribution < 1.29 is 27.2 Å². The van der Waals surface area contributed by atoms with Crippen LogP contribution in [0.5, 0.6) is 0 Å². The molecular formula is C27H24F4N4O2S. The number of piperazine rings is 1. The molecule has 38 heavy (non-hydrogen) atoms. The third kappa shape index (κ3) is 5.10. The van der Waals surface area contributed by atoms with Crippen molar-refractivity contribution in [1.82, 2.24) is 14.4 Å². The molecule has 3 heterocycles. The van der Waals surface area contributed by atoms with Gasteiger partial charge in [0.2, 0.25) is 0 Å². The Hall–Kier alpha value is -3.86. The number of nitrogens with zero attached hydrogens (tertiary/aromatic N) is 3. The molecule has 4 aromatic rings. The number of carbonyl (C=O) groups excluding carboxylic acids is 2. The fourth-order valence-corrected chi connectivity index (χ4v) is 5.55. The lowest BCUT2D eigenvalue weighted by molar-refractivity contribution is -0.137. The molecule has 0 bridgehead atoms. The Kier molecular flexibility index (Phi) is 6.87. The van der Waals surface area contributed by atoms with E-state index < -0.39 is 17.8 Å². The Morgan fingerprint density at radius 1 is 1.05 bits per heavy atom. The summed E-state index contributed by atoms with van der Waals surface area (Å²) in [6.07, 6.45) is -4.45. The van der Waals surface area contributed by atoms with Gasteiger partial charge in [0.05, 0.1) is 12.1 Å². The zero-order valence-electron chi connectivity index (χ0n) is 20.3. The first-order valence-electron chi connectivity index (χ1n) is 12.0. The SMILES string of the molecule is C[C@H]1CN(C(=O)c2cc3ccsc3n2Cc2ccccc2F)CCN1C(=O)Nc1ccc(C(F)(F)F)cc1. The van der Waals surface area contributed by atoms with Crippen molar-refractivity contribution in [2.75, 3.05) is 25.0 Å². The van der Waals surface area contributed by atoms with E-state index in [1.807, 2.05) is 29.0 Å². The Balaban J connectivity index is 1.28. The van der Waals surface area contributed by atoms with Crippen molar-refractivity contribution >= 4 is 39.2 Å². The van der Waals surface area contributed by atoms with Crippen LogP contribution in [-0.2, 0) is 12.7 Å². The third-order valence-electron chi connectivity index (χ3n) is 6.65. The molecule has 11 heteroatoms. The predicted octanol–water partition coefficient (Wildman–Crippen LogP) is 6.29. The molecule has 0 spiro atoms. The number of carbonyl (C=O) groups is 2. The molecule has 3 amide bonds. The van der Waals surface area contributed by atoms with Crippen molar-refractivity contribution in [2.24, 2.45) is 0 Å². The van der Waals surface area contributed by atoms with Crippen LogP contribution in [0.4, 0.5) is 28.0 Å². The monoisotopic (exact) mass is 544 g/mol. The number of hydrogen-bond acceptors (Lipinski definition) is 3. The molecular weight excluding hydrogens is 520 g/mol. The zero-order chi connectivity index (χ0) is 27.0. The highest BCUT2D eigenvalue weighted by molar-refractivity contribution is 7.16. The number of thiophene rings is 1. The number of aromatic nitrogens is 1. The number of anilines is 1. The number of nitrogens with one attached hydrogen (secondary N) is 1. The van der Waals surface area contributed by atoms with Crippen LogP contribution < -0.4 is 5.32 Å². The summed E-state index contributed by atoms with van der Waals surface area (Å²) in [5.41, 5.74) is 0.380. The van der Waals surface area contributed by atoms with Gasteiger partial charge in [-0.3, -0.25) is 4.79 Å². The quantitative estimate of drug-likeness (QED) is 0.307. The van der Waals surface area contributed by atoms with Crippen LogP contribution in [0.25, 0.3) is 10.2 Å². The average molecular weight is 545 g/mol. The lowest BCUT2D eigenvalue weighted by Gasteiger charge is -2.39. The van der Waals surface area contributed by atoms with Crippen LogP contribution in [-0.4, -0.2) is 52.0 Å². The minimum Gasteiger partial charge on any atom is -0.334 e. The molecule has 1 fully saturated rings. The zero-order valence-corrected chi connectivity index (χ0v) is 21.2. The first-order valence-corrected chi connectivity index (χ1v) is 12.8. The number of urea groups is 1. The fourth-order valence-electron chi connectivity index (χ4n) is 4.65. The standard InChI is InChI=1S/C27H24F4N4O2S/c1-17-15-33(11-12-34(17)26(37)32-21-8-6-20(7-9-21)27(29,30)31)24(36)23-14-18-10-13-38-25(18)35(23)16-19-4-2-3-5-22(19)28/h2-10,13-14,17H,11-12,15-16H2,1H3,(H,32,37)/t17-/m0/s1. The Labute approximate surface area is 220 Å². The van der Waals surface area contributed by atoms with Crippen molar-refractivity contribution in [2.45, 2.75) is 25.7 Å². The Bertz CT molecular complexity index is 1480. The van der Waals surface area contributed by atoms with Crippen molar-refractivity contribution in [3.05, 3.63) is 88.7 Å². The predicted molar refractivity (Wildman–Crippen MR) is 138 cm³/mol. The number of fused-ring (bicyclic) bond motifs is 1. The van der Waals surface area contributed by atoms with Crippen LogP contribution in [0.15, 0.2) is 66.0 Å². The molecule has 0 unspecified atom stereocenters. The summed E-state index contributed by atoms with van der Waals surface area (Å²) < 4.78 is 54.6. The van der Waals surface area contributed by atoms with Gasteiger partial charge in [-0.05, 0) is 54.8 Å². The van der Waals surface area contributed by atoms with Gasteiger partial charge in [0.25, 0.3) is 5.91 Å². The minimum absolute atomic E-state index is 0.209. The van der Waals surface area contributed by atoms with Crippen LogP contribution in [0.2, 0.25) is 0 Å². The molecule has 6 nitrogen and oxygen atoms in total. The summed E-state index contributed by atoms with van der Waals surface area (Å²) >= 11 is 1.48. The maximum absolute atomic E-state index is 14.4. The van der Waals surface area contributed by atoms with Crippen LogP contribution >= 0.6 is 11.3 Å². The van der Waals surface area contributed by atoms with Gasteiger partial charge in [0.15, 0.2) is 0 Å². The van der Waals surface area contributed by atoms with Gasteiger partial charge >= 0.3 is 12.2 Å². The van der Waals surface area contributed by atoms with Crippen LogP contribution in [0.3, 0.4) is 0 Å². The number of hydrogen-bond donors (Lipinski definition) is 1. The second-order valence-electron chi connectivity index (χ2n) is 9.19. The second kappa shape index (κ2) is 10.1. The van der Waals surface area contributed by atoms with E-state index in [1.54, 1.807) is 28.0 Å². The molecule has 1 atom stereocenters. The number of amides is 3. The minimum atomic E-state index is -4.45. The summed E-state index contributed by atoms with van der Waals surface area (Å²) in [5, 5.41) is 5.45. The van der Waals surface area contributed by atoms with E-state index in [9.17, 15) is 27.2 Å². The summed E-state index contributed by atoms with van der Waals surface area (Å²) in [6, 6.07) is 13.6. The summed E-state index contributed by atoms with van der Waals surface area (Å²) in [7, 11) is 0. The van der Waals surface area contributed by atoms with Crippen LogP contribution in [0.1, 0.15) is 28.5 Å². The largest absolute Gasteiger partial charge is 0.416 e. The first kappa shape index (κ1) is 25.8. The van der Waals surface area contributed by atoms with Crippen LogP contribution in [0, 0.1) is 5.82 Å². The molecule has 0 aliphatic carbocycles. The molecule has 2 aromatic carbocycles. The van der Waals surface area contributed by atoms with Gasteiger partial charge in [-0.25, -0.2) is 9.18 Å². The Morgan fingerprint density at radius 2 is 1.79 bits per heavy atom. The fraction of sp³-hybridized carbons (Fsp3) is 0.259. The maximum Gasteiger partial charge on any atom is 0.416 e. The smallest absolute Gasteiger partial charge is 0.334 e. The van der Waals surface area contributed by atoms with E-state index in [-0.39, 0.29) is 49.6 Å². The number of benzene rings is 2. The van der Waals surface area contributed by atoms with Gasteiger partial charge in [-0.15, -0.1) is 11.3 Å². The average Bonchev–Trinajstić information content (AvgIpc) is 3.47. The van der Waals surface area contributed by atoms with E-state index in [4.69, 9.17) is 0 Å². The van der Waals surface area contributed by atoms with Crippen molar-refractivity contribution in [3.8, 4) is 0 Å². The second-order valence-corrected chi connectivity index (χ2v) is 10.1. The molecule has 0 saturated carbocycles. The number of alkyl halides is 3. The highest BCUT2D eigenvalue weighted by Crippen LogP contribution is 2.30. The van der Waals surface area contributed by atoms with Crippen molar-refractivity contribution in [1.29, 1.82) is 0 Å². The lowest BCUT2D eigenvalue weighted by Crippen LogP contribution is -2.56. The normalized spacial score (nSPS) is 16.2. The van der Waals surface area contributed by atoms with Gasteiger partial charge < -0.3 is 19.7 Å². The topological polar surface area (TPSA) is 57.6 Å². The number of rotatable bonds is 4. The summed E-state index contributed by atoms with van der Waals surface area (Å²) in [4.78, 5) is 30.5. The highest BCUT2D eigenvalue weighted by atomic mass is 32.1. The maximum atomic E-state index is 14.4. The number of halogens is 4. The van der Waals surface area contributed by atoms with E-state index in [1.165, 1.54) is 29.5 Å². The van der Waals surface area contributed by atoms with E-state index in [0.717, 1.165) is 22.3 Å². The molecule has 198 valence electrons. The van der Waals surface area contributed by atoms with E-state index in [0.29, 0.717) is 11.3 Å². The molecule has 1 aliphatic heterocycles. The first-order chi connectivity index (χ1) is 18.1. The third-order valence-corrected chi connectivity index (χ3v) is 7.60. The van der Waals surface area contributed by atoms with E-state index >= 15 is 0 Å². The Morgan fingerprint density at radius 3 is 2.47 bits per heavy atom. The van der Waals surface area contributed by atoms with E-state index in [2.05, 4.69) is 5.32 Å². The molecule has 1 saturated heterocycles.